The number of amides is 1. The number of hydrogen-bond acceptors (Lipinski definition) is 5. The maximum Gasteiger partial charge on any atom is 0.255 e. The van der Waals surface area contributed by atoms with E-state index in [1.807, 2.05) is 6.07 Å². The maximum atomic E-state index is 13.7. The second-order valence-electron chi connectivity index (χ2n) is 5.38. The molecule has 0 saturated heterocycles. The van der Waals surface area contributed by atoms with Crippen LogP contribution in [0.4, 0.5) is 10.1 Å². The van der Waals surface area contributed by atoms with Gasteiger partial charge in [0, 0.05) is 6.20 Å². The van der Waals surface area contributed by atoms with Crippen LogP contribution in [0.3, 0.4) is 0 Å². The molecular formula is C14H18ClFN4O2. The number of aliphatic hydroxyl groups is 1. The van der Waals surface area contributed by atoms with E-state index in [-0.39, 0.29) is 17.3 Å². The summed E-state index contributed by atoms with van der Waals surface area (Å²) in [6.45, 7) is 3.89. The van der Waals surface area contributed by atoms with E-state index in [4.69, 9.17) is 16.9 Å². The van der Waals surface area contributed by atoms with Crippen LogP contribution in [0.5, 0.6) is 0 Å². The lowest BCUT2D eigenvalue weighted by Crippen LogP contribution is -2.42. The fourth-order valence-electron chi connectivity index (χ4n) is 1.52. The van der Waals surface area contributed by atoms with E-state index in [9.17, 15) is 14.3 Å². The van der Waals surface area contributed by atoms with Gasteiger partial charge in [-0.3, -0.25) is 4.79 Å². The Kier molecular flexibility index (Phi) is 6.09. The summed E-state index contributed by atoms with van der Waals surface area (Å²) in [6, 6.07) is 2.83. The molecular weight excluding hydrogens is 311 g/mol. The molecule has 2 atom stereocenters. The third kappa shape index (κ3) is 5.13. The monoisotopic (exact) mass is 328 g/mol. The average Bonchev–Trinajstić information content (AvgIpc) is 2.43. The van der Waals surface area contributed by atoms with Crippen molar-refractivity contribution in [2.45, 2.75) is 38.6 Å². The molecule has 120 valence electrons. The molecule has 22 heavy (non-hydrogen) atoms. The largest absolute Gasteiger partial charge is 0.387 e. The molecule has 0 bridgehead atoms. The second kappa shape index (κ2) is 7.38. The molecule has 8 heteroatoms. The lowest BCUT2D eigenvalue weighted by Gasteiger charge is -2.22. The minimum Gasteiger partial charge on any atom is -0.387 e. The summed E-state index contributed by atoms with van der Waals surface area (Å²) in [5.74, 6) is -0.580. The summed E-state index contributed by atoms with van der Waals surface area (Å²) in [5.41, 5.74) is -1.10. The maximum absolute atomic E-state index is 13.7. The topological polar surface area (TPSA) is 98.0 Å². The van der Waals surface area contributed by atoms with Gasteiger partial charge in [0.15, 0.2) is 0 Å². The van der Waals surface area contributed by atoms with Crippen molar-refractivity contribution in [2.24, 2.45) is 0 Å². The van der Waals surface area contributed by atoms with E-state index in [1.54, 1.807) is 6.92 Å². The molecule has 0 unspecified atom stereocenters. The van der Waals surface area contributed by atoms with Crippen LogP contribution in [-0.4, -0.2) is 40.4 Å². The Morgan fingerprint density at radius 2 is 2.27 bits per heavy atom. The fraction of sp³-hybridized carbons (Fsp3) is 0.500. The predicted molar refractivity (Wildman–Crippen MR) is 81.5 cm³/mol. The zero-order valence-electron chi connectivity index (χ0n) is 12.5. The number of carbonyl (C=O) groups is 1. The van der Waals surface area contributed by atoms with Crippen molar-refractivity contribution in [1.82, 2.24) is 10.3 Å². The zero-order chi connectivity index (χ0) is 16.9. The first-order chi connectivity index (χ1) is 10.1. The molecule has 0 aromatic carbocycles. The van der Waals surface area contributed by atoms with Crippen LogP contribution in [0.15, 0.2) is 12.3 Å². The number of aromatic nitrogens is 1. The van der Waals surface area contributed by atoms with Gasteiger partial charge in [0.05, 0.1) is 29.5 Å². The Balaban J connectivity index is 2.87. The fourth-order valence-corrected chi connectivity index (χ4v) is 1.68. The van der Waals surface area contributed by atoms with E-state index in [0.29, 0.717) is 5.69 Å². The molecule has 0 saturated carbocycles. The lowest BCUT2D eigenvalue weighted by molar-refractivity contribution is -0.00177. The normalized spacial score (nSPS) is 13.9. The van der Waals surface area contributed by atoms with E-state index in [1.165, 1.54) is 26.1 Å². The highest BCUT2D eigenvalue weighted by molar-refractivity contribution is 6.29. The lowest BCUT2D eigenvalue weighted by atomic mass is 10.0. The van der Waals surface area contributed by atoms with Crippen molar-refractivity contribution in [3.63, 3.8) is 0 Å². The summed E-state index contributed by atoms with van der Waals surface area (Å²) in [6.07, 6.45) is -0.382. The molecule has 0 fully saturated rings. The molecule has 1 aromatic heterocycles. The van der Waals surface area contributed by atoms with Gasteiger partial charge in [0.2, 0.25) is 0 Å². The second-order valence-corrected chi connectivity index (χ2v) is 5.77. The van der Waals surface area contributed by atoms with E-state index >= 15 is 0 Å². The zero-order valence-corrected chi connectivity index (χ0v) is 13.3. The van der Waals surface area contributed by atoms with Crippen LogP contribution >= 0.6 is 11.6 Å². The minimum absolute atomic E-state index is 0.134. The Morgan fingerprint density at radius 3 is 2.82 bits per heavy atom. The predicted octanol–water partition coefficient (Wildman–Crippen LogP) is 1.90. The number of carbonyl (C=O) groups excluding carboxylic acids is 1. The molecule has 6 nitrogen and oxygen atoms in total. The third-order valence-electron chi connectivity index (χ3n) is 2.89. The number of alkyl halides is 1. The van der Waals surface area contributed by atoms with Gasteiger partial charge < -0.3 is 15.7 Å². The smallest absolute Gasteiger partial charge is 0.255 e. The van der Waals surface area contributed by atoms with Gasteiger partial charge >= 0.3 is 0 Å². The van der Waals surface area contributed by atoms with Crippen LogP contribution in [0, 0.1) is 11.3 Å². The van der Waals surface area contributed by atoms with Crippen LogP contribution < -0.4 is 10.6 Å². The number of nitrogens with zero attached hydrogens (tertiary/aromatic N) is 2. The number of halogens is 2. The third-order valence-corrected chi connectivity index (χ3v) is 3.10. The van der Waals surface area contributed by atoms with Crippen molar-refractivity contribution in [3.05, 3.63) is 23.0 Å². The van der Waals surface area contributed by atoms with Crippen molar-refractivity contribution >= 4 is 23.2 Å². The molecule has 0 aliphatic heterocycles. The molecule has 0 spiro atoms. The average molecular weight is 329 g/mol. The Hall–Kier alpha value is -1.91. The summed E-state index contributed by atoms with van der Waals surface area (Å²) >= 11 is 5.78. The molecule has 1 rings (SSSR count). The number of rotatable bonds is 6. The van der Waals surface area contributed by atoms with Crippen molar-refractivity contribution < 1.29 is 14.3 Å². The highest BCUT2D eigenvalue weighted by Gasteiger charge is 2.27. The minimum atomic E-state index is -1.62. The van der Waals surface area contributed by atoms with Crippen molar-refractivity contribution in [3.8, 4) is 6.07 Å². The van der Waals surface area contributed by atoms with Gasteiger partial charge in [-0.05, 0) is 26.8 Å². The van der Waals surface area contributed by atoms with E-state index in [0.717, 1.165) is 0 Å². The van der Waals surface area contributed by atoms with Gasteiger partial charge in [-0.15, -0.1) is 0 Å². The van der Waals surface area contributed by atoms with Crippen LogP contribution in [0.25, 0.3) is 0 Å². The molecule has 0 aliphatic rings. The Bertz CT molecular complexity index is 583. The number of anilines is 1. The van der Waals surface area contributed by atoms with E-state index in [2.05, 4.69) is 15.6 Å². The van der Waals surface area contributed by atoms with Gasteiger partial charge in [-0.25, -0.2) is 9.37 Å². The Labute approximate surface area is 133 Å². The van der Waals surface area contributed by atoms with Crippen LogP contribution in [-0.2, 0) is 0 Å². The molecule has 1 aromatic rings. The SMILES string of the molecule is C[C@H](C#N)Nc1cc(Cl)ncc1C(=O)NC[C@@H](F)C(C)(C)O. The van der Waals surface area contributed by atoms with Crippen LogP contribution in [0.2, 0.25) is 5.15 Å². The molecule has 1 amide bonds. The number of hydrogen-bond donors (Lipinski definition) is 3. The number of pyridine rings is 1. The van der Waals surface area contributed by atoms with Crippen LogP contribution in [0.1, 0.15) is 31.1 Å². The number of nitriles is 1. The quantitative estimate of drug-likeness (QED) is 0.693. The molecule has 3 N–H and O–H groups in total. The van der Waals surface area contributed by atoms with Crippen molar-refractivity contribution in [2.75, 3.05) is 11.9 Å². The molecule has 0 radical (unpaired) electrons. The van der Waals surface area contributed by atoms with Gasteiger partial charge in [0.1, 0.15) is 17.4 Å². The number of nitrogens with one attached hydrogen (secondary N) is 2. The Morgan fingerprint density at radius 1 is 1.64 bits per heavy atom. The van der Waals surface area contributed by atoms with Gasteiger partial charge in [0.25, 0.3) is 5.91 Å². The first-order valence-corrected chi connectivity index (χ1v) is 6.99. The highest BCUT2D eigenvalue weighted by atomic mass is 35.5. The summed E-state index contributed by atoms with van der Waals surface area (Å²) in [5, 5.41) is 23.7. The summed E-state index contributed by atoms with van der Waals surface area (Å²) < 4.78 is 13.7. The van der Waals surface area contributed by atoms with Crippen molar-refractivity contribution in [1.29, 1.82) is 5.26 Å². The molecule has 1 heterocycles. The molecule has 0 aliphatic carbocycles. The van der Waals surface area contributed by atoms with E-state index < -0.39 is 23.7 Å². The highest BCUT2D eigenvalue weighted by Crippen LogP contribution is 2.20. The summed E-state index contributed by atoms with van der Waals surface area (Å²) in [4.78, 5) is 15.9. The standard InChI is InChI=1S/C14H18ClFN4O2/c1-8(5-17)20-10-4-12(15)18-6-9(10)13(21)19-7-11(16)14(2,3)22/h4,6,8,11,22H,7H2,1-3H3,(H,18,20)(H,19,21)/t8-,11-/m1/s1. The first-order valence-electron chi connectivity index (χ1n) is 6.61. The van der Waals surface area contributed by atoms with Gasteiger partial charge in [-0.2, -0.15) is 5.26 Å². The van der Waals surface area contributed by atoms with Gasteiger partial charge in [-0.1, -0.05) is 11.6 Å². The summed E-state index contributed by atoms with van der Waals surface area (Å²) in [7, 11) is 0. The first kappa shape index (κ1) is 18.1.